The first-order valence-electron chi connectivity index (χ1n) is 11.5. The molecule has 0 saturated carbocycles. The number of hydrogen-bond donors (Lipinski definition) is 0. The van der Waals surface area contributed by atoms with Crippen LogP contribution in [0.4, 0.5) is 10.8 Å². The molecule has 1 fully saturated rings. The number of hydrogen-bond acceptors (Lipinski definition) is 6. The van der Waals surface area contributed by atoms with Crippen LogP contribution >= 0.6 is 22.7 Å². The second-order valence-corrected chi connectivity index (χ2v) is 10.5. The van der Waals surface area contributed by atoms with Gasteiger partial charge in [-0.2, -0.15) is 0 Å². The molecular weight excluding hydrogens is 448 g/mol. The lowest BCUT2D eigenvalue weighted by Gasteiger charge is -2.31. The van der Waals surface area contributed by atoms with Crippen molar-refractivity contribution < 1.29 is 4.79 Å². The summed E-state index contributed by atoms with van der Waals surface area (Å²) < 4.78 is 1.27. The number of nitrogens with zero attached hydrogens (tertiary/aromatic N) is 4. The van der Waals surface area contributed by atoms with Gasteiger partial charge in [-0.05, 0) is 49.6 Å². The second-order valence-electron chi connectivity index (χ2n) is 8.55. The van der Waals surface area contributed by atoms with E-state index in [1.54, 1.807) is 23.2 Å². The Kier molecular flexibility index (Phi) is 6.53. The largest absolute Gasteiger partial charge is 0.297 e. The van der Waals surface area contributed by atoms with Crippen molar-refractivity contribution in [2.24, 2.45) is 0 Å². The number of fused-ring (bicyclic) bond motifs is 1. The number of amides is 1. The van der Waals surface area contributed by atoms with Crippen LogP contribution in [0.25, 0.3) is 10.2 Å². The van der Waals surface area contributed by atoms with Gasteiger partial charge < -0.3 is 0 Å². The number of likely N-dealkylation sites (tertiary alicyclic amines) is 1. The molecule has 0 spiro atoms. The van der Waals surface area contributed by atoms with Crippen LogP contribution in [0, 0.1) is 0 Å². The molecule has 33 heavy (non-hydrogen) atoms. The predicted molar refractivity (Wildman–Crippen MR) is 138 cm³/mol. The maximum absolute atomic E-state index is 12.6. The van der Waals surface area contributed by atoms with Gasteiger partial charge in [-0.1, -0.05) is 37.3 Å². The molecule has 170 valence electrons. The average molecular weight is 477 g/mol. The Balaban J connectivity index is 1.32. The summed E-state index contributed by atoms with van der Waals surface area (Å²) in [6.45, 7) is 6.60. The molecule has 0 radical (unpaired) electrons. The number of aromatic nitrogens is 2. The minimum atomic E-state index is -0.00864. The van der Waals surface area contributed by atoms with Crippen LogP contribution in [0.1, 0.15) is 48.9 Å². The van der Waals surface area contributed by atoms with E-state index in [2.05, 4.69) is 47.5 Å². The molecular formula is C26H28N4OS2. The number of aryl methyl sites for hydroxylation is 1. The van der Waals surface area contributed by atoms with Crippen LogP contribution in [0.15, 0.2) is 53.9 Å². The zero-order chi connectivity index (χ0) is 22.8. The highest BCUT2D eigenvalue weighted by Crippen LogP contribution is 2.35. The van der Waals surface area contributed by atoms with Gasteiger partial charge in [-0.25, -0.2) is 9.97 Å². The molecule has 5 nitrogen and oxygen atoms in total. The summed E-state index contributed by atoms with van der Waals surface area (Å²) >= 11 is 3.37. The molecule has 4 aromatic rings. The van der Waals surface area contributed by atoms with E-state index in [-0.39, 0.29) is 5.91 Å². The van der Waals surface area contributed by atoms with Crippen molar-refractivity contribution >= 4 is 49.6 Å². The summed E-state index contributed by atoms with van der Waals surface area (Å²) in [5.41, 5.74) is 4.22. The second kappa shape index (κ2) is 9.71. The SMILES string of the molecule is CCc1ccccc1N(C(C)=O)c1nc(CN2CCC[C@H](c3nc4ccccc4s3)C2)cs1. The lowest BCUT2D eigenvalue weighted by Crippen LogP contribution is -2.34. The van der Waals surface area contributed by atoms with Crippen LogP contribution in [0.2, 0.25) is 0 Å². The van der Waals surface area contributed by atoms with Gasteiger partial charge >= 0.3 is 0 Å². The van der Waals surface area contributed by atoms with Crippen molar-refractivity contribution in [3.8, 4) is 0 Å². The van der Waals surface area contributed by atoms with Crippen molar-refractivity contribution in [1.29, 1.82) is 0 Å². The van der Waals surface area contributed by atoms with E-state index in [1.165, 1.54) is 22.5 Å². The Labute approximate surface area is 202 Å². The van der Waals surface area contributed by atoms with Gasteiger partial charge in [-0.3, -0.25) is 14.6 Å². The highest BCUT2D eigenvalue weighted by Gasteiger charge is 2.25. The van der Waals surface area contributed by atoms with Gasteiger partial charge in [0.1, 0.15) is 0 Å². The number of carbonyl (C=O) groups is 1. The monoisotopic (exact) mass is 476 g/mol. The molecule has 2 aromatic carbocycles. The maximum Gasteiger partial charge on any atom is 0.230 e. The zero-order valence-corrected chi connectivity index (χ0v) is 20.7. The van der Waals surface area contributed by atoms with Gasteiger partial charge in [0.2, 0.25) is 5.91 Å². The van der Waals surface area contributed by atoms with Crippen LogP contribution in [0.5, 0.6) is 0 Å². The standard InChI is InChI=1S/C26H28N4OS2/c1-3-19-9-4-6-12-23(19)30(18(2)31)26-27-21(17-32-26)16-29-14-8-10-20(15-29)25-28-22-11-5-7-13-24(22)33-25/h4-7,9,11-13,17,20H,3,8,10,14-16H2,1-2H3/t20-/m0/s1. The lowest BCUT2D eigenvalue weighted by atomic mass is 9.98. The van der Waals surface area contributed by atoms with E-state index < -0.39 is 0 Å². The first-order valence-corrected chi connectivity index (χ1v) is 13.2. The molecule has 0 aliphatic carbocycles. The van der Waals surface area contributed by atoms with Crippen LogP contribution in [-0.4, -0.2) is 33.9 Å². The van der Waals surface area contributed by atoms with E-state index in [9.17, 15) is 4.79 Å². The number of piperidine rings is 1. The Morgan fingerprint density at radius 3 is 2.79 bits per heavy atom. The molecule has 1 amide bonds. The molecule has 1 aliphatic rings. The number of rotatable bonds is 6. The Hall–Kier alpha value is -2.61. The van der Waals surface area contributed by atoms with Crippen molar-refractivity contribution in [1.82, 2.24) is 14.9 Å². The Bertz CT molecular complexity index is 1230. The molecule has 7 heteroatoms. The summed E-state index contributed by atoms with van der Waals surface area (Å²) in [4.78, 5) is 26.6. The van der Waals surface area contributed by atoms with Gasteiger partial charge in [0.15, 0.2) is 5.13 Å². The topological polar surface area (TPSA) is 49.3 Å². The van der Waals surface area contributed by atoms with Crippen molar-refractivity contribution in [2.45, 2.75) is 45.6 Å². The minimum absolute atomic E-state index is 0.00864. The van der Waals surface area contributed by atoms with Crippen molar-refractivity contribution in [3.05, 3.63) is 70.2 Å². The Morgan fingerprint density at radius 1 is 1.15 bits per heavy atom. The van der Waals surface area contributed by atoms with Crippen LogP contribution in [-0.2, 0) is 17.8 Å². The minimum Gasteiger partial charge on any atom is -0.297 e. The highest BCUT2D eigenvalue weighted by molar-refractivity contribution is 7.18. The quantitative estimate of drug-likeness (QED) is 0.324. The lowest BCUT2D eigenvalue weighted by molar-refractivity contribution is -0.115. The highest BCUT2D eigenvalue weighted by atomic mass is 32.1. The van der Waals surface area contributed by atoms with Crippen LogP contribution in [0.3, 0.4) is 0 Å². The first kappa shape index (κ1) is 22.2. The third-order valence-electron chi connectivity index (χ3n) is 6.21. The van der Waals surface area contributed by atoms with Crippen molar-refractivity contribution in [2.75, 3.05) is 18.0 Å². The number of para-hydroxylation sites is 2. The molecule has 1 saturated heterocycles. The fourth-order valence-corrected chi connectivity index (χ4v) is 6.57. The molecule has 5 rings (SSSR count). The van der Waals surface area contributed by atoms with E-state index in [4.69, 9.17) is 9.97 Å². The number of carbonyl (C=O) groups excluding carboxylic acids is 1. The summed E-state index contributed by atoms with van der Waals surface area (Å²) in [5.74, 6) is 0.463. The zero-order valence-electron chi connectivity index (χ0n) is 19.0. The van der Waals surface area contributed by atoms with Gasteiger partial charge in [-0.15, -0.1) is 22.7 Å². The molecule has 1 atom stereocenters. The molecule has 0 bridgehead atoms. The van der Waals surface area contributed by atoms with E-state index >= 15 is 0 Å². The molecule has 3 heterocycles. The van der Waals surface area contributed by atoms with Gasteiger partial charge in [0, 0.05) is 31.3 Å². The van der Waals surface area contributed by atoms with Crippen LogP contribution < -0.4 is 4.90 Å². The van der Waals surface area contributed by atoms with E-state index in [0.29, 0.717) is 5.92 Å². The van der Waals surface area contributed by atoms with Gasteiger partial charge in [0.25, 0.3) is 0 Å². The van der Waals surface area contributed by atoms with E-state index in [0.717, 1.165) is 53.6 Å². The fraction of sp³-hybridized carbons (Fsp3) is 0.346. The predicted octanol–water partition coefficient (Wildman–Crippen LogP) is 6.38. The number of benzene rings is 2. The smallest absolute Gasteiger partial charge is 0.230 e. The normalized spacial score (nSPS) is 16.8. The van der Waals surface area contributed by atoms with Crippen molar-refractivity contribution in [3.63, 3.8) is 0 Å². The summed E-state index contributed by atoms with van der Waals surface area (Å²) in [6.07, 6.45) is 3.23. The Morgan fingerprint density at radius 2 is 1.97 bits per heavy atom. The molecule has 0 N–H and O–H groups in total. The third-order valence-corrected chi connectivity index (χ3v) is 8.28. The van der Waals surface area contributed by atoms with Gasteiger partial charge in [0.05, 0.1) is 26.6 Å². The molecule has 0 unspecified atom stereocenters. The molecule has 2 aromatic heterocycles. The maximum atomic E-state index is 12.6. The fourth-order valence-electron chi connectivity index (χ4n) is 4.60. The summed E-state index contributed by atoms with van der Waals surface area (Å²) in [5, 5.41) is 4.10. The summed E-state index contributed by atoms with van der Waals surface area (Å²) in [7, 11) is 0. The summed E-state index contributed by atoms with van der Waals surface area (Å²) in [6, 6.07) is 16.5. The van der Waals surface area contributed by atoms with E-state index in [1.807, 2.05) is 29.5 Å². The molecule has 1 aliphatic heterocycles. The number of thiazole rings is 2. The average Bonchev–Trinajstić information content (AvgIpc) is 3.47. The number of anilines is 2. The first-order chi connectivity index (χ1) is 16.1. The third kappa shape index (κ3) is 4.71.